The summed E-state index contributed by atoms with van der Waals surface area (Å²) in [6, 6.07) is 0.832. The van der Waals surface area contributed by atoms with Crippen LogP contribution < -0.4 is 10.6 Å². The molecule has 1 atom stereocenters. The maximum Gasteiger partial charge on any atom is 0.407 e. The number of rotatable bonds is 4. The molecule has 1 unspecified atom stereocenters. The minimum atomic E-state index is -0.415. The summed E-state index contributed by atoms with van der Waals surface area (Å²) < 4.78 is 5.26. The molecule has 2 fully saturated rings. The van der Waals surface area contributed by atoms with Crippen LogP contribution in [0.15, 0.2) is 0 Å². The van der Waals surface area contributed by atoms with E-state index < -0.39 is 5.60 Å². The van der Waals surface area contributed by atoms with Crippen LogP contribution in [0.4, 0.5) is 4.79 Å². The lowest BCUT2D eigenvalue weighted by Crippen LogP contribution is -2.54. The Balaban J connectivity index is 1.54. The molecule has 4 nitrogen and oxygen atoms in total. The molecule has 0 aromatic carbocycles. The van der Waals surface area contributed by atoms with Crippen molar-refractivity contribution in [2.45, 2.75) is 56.5 Å². The van der Waals surface area contributed by atoms with Gasteiger partial charge < -0.3 is 15.4 Å². The van der Waals surface area contributed by atoms with Crippen molar-refractivity contribution in [1.29, 1.82) is 0 Å². The molecule has 1 aliphatic carbocycles. The van der Waals surface area contributed by atoms with Crippen molar-refractivity contribution in [3.8, 4) is 0 Å². The van der Waals surface area contributed by atoms with Gasteiger partial charge in [0.2, 0.25) is 0 Å². The second-order valence-electron chi connectivity index (χ2n) is 6.49. The van der Waals surface area contributed by atoms with E-state index in [2.05, 4.69) is 34.2 Å². The first-order valence-electron chi connectivity index (χ1n) is 7.34. The summed E-state index contributed by atoms with van der Waals surface area (Å²) in [5.74, 6) is 3.85. The maximum atomic E-state index is 11.6. The Morgan fingerprint density at radius 1 is 1.25 bits per heavy atom. The summed E-state index contributed by atoms with van der Waals surface area (Å²) >= 11 is 4.14. The van der Waals surface area contributed by atoms with E-state index in [1.165, 1.54) is 17.3 Å². The van der Waals surface area contributed by atoms with Crippen LogP contribution in [0.25, 0.3) is 0 Å². The van der Waals surface area contributed by atoms with Crippen molar-refractivity contribution >= 4 is 29.6 Å². The van der Waals surface area contributed by atoms with Crippen LogP contribution in [0.5, 0.6) is 0 Å². The lowest BCUT2D eigenvalue weighted by atomic mass is 9.87. The van der Waals surface area contributed by atoms with Gasteiger partial charge in [0.25, 0.3) is 0 Å². The highest BCUT2D eigenvalue weighted by molar-refractivity contribution is 8.06. The summed E-state index contributed by atoms with van der Waals surface area (Å²) in [6.07, 6.45) is 1.74. The number of alkyl carbamates (subject to hydrolysis) is 1. The highest BCUT2D eigenvalue weighted by Gasteiger charge is 2.31. The molecule has 20 heavy (non-hydrogen) atoms. The van der Waals surface area contributed by atoms with Gasteiger partial charge in [-0.05, 0) is 33.6 Å². The number of thioether (sulfide) groups is 2. The molecule has 2 rings (SSSR count). The van der Waals surface area contributed by atoms with E-state index in [0.717, 1.165) is 24.6 Å². The van der Waals surface area contributed by atoms with Gasteiger partial charge in [-0.3, -0.25) is 0 Å². The van der Waals surface area contributed by atoms with E-state index in [0.29, 0.717) is 6.04 Å². The summed E-state index contributed by atoms with van der Waals surface area (Å²) in [6.45, 7) is 6.76. The van der Waals surface area contributed by atoms with Crippen LogP contribution >= 0.6 is 23.5 Å². The van der Waals surface area contributed by atoms with Gasteiger partial charge in [-0.25, -0.2) is 4.79 Å². The van der Waals surface area contributed by atoms with E-state index in [4.69, 9.17) is 4.74 Å². The Hall–Kier alpha value is -0.0700. The topological polar surface area (TPSA) is 50.4 Å². The molecule has 1 saturated heterocycles. The molecular weight excluding hydrogens is 292 g/mol. The Bertz CT molecular complexity index is 322. The fourth-order valence-electron chi connectivity index (χ4n) is 2.33. The van der Waals surface area contributed by atoms with Crippen LogP contribution in [-0.2, 0) is 4.74 Å². The molecule has 0 radical (unpaired) electrons. The molecule has 1 aliphatic heterocycles. The first-order valence-corrected chi connectivity index (χ1v) is 9.55. The highest BCUT2D eigenvalue weighted by Crippen LogP contribution is 2.25. The molecule has 0 bridgehead atoms. The van der Waals surface area contributed by atoms with E-state index in [1.54, 1.807) is 0 Å². The average molecular weight is 319 g/mol. The largest absolute Gasteiger partial charge is 0.444 e. The second kappa shape index (κ2) is 7.27. The summed E-state index contributed by atoms with van der Waals surface area (Å²) in [4.78, 5) is 11.6. The van der Waals surface area contributed by atoms with Crippen LogP contribution in [0.1, 0.15) is 33.6 Å². The third-order valence-corrected chi connectivity index (χ3v) is 6.22. The van der Waals surface area contributed by atoms with Crippen molar-refractivity contribution in [2.75, 3.05) is 23.8 Å². The summed E-state index contributed by atoms with van der Waals surface area (Å²) in [7, 11) is 0. The molecular formula is C14H26N2O2S2. The summed E-state index contributed by atoms with van der Waals surface area (Å²) in [5.41, 5.74) is -0.415. The van der Waals surface area contributed by atoms with Gasteiger partial charge in [0.15, 0.2) is 0 Å². The van der Waals surface area contributed by atoms with Crippen molar-refractivity contribution in [3.05, 3.63) is 0 Å². The van der Waals surface area contributed by atoms with Gasteiger partial charge in [0, 0.05) is 41.1 Å². The number of ether oxygens (including phenoxy) is 1. The smallest absolute Gasteiger partial charge is 0.407 e. The molecule has 1 saturated carbocycles. The molecule has 0 spiro atoms. The normalized spacial score (nSPS) is 30.4. The van der Waals surface area contributed by atoms with Crippen LogP contribution in [0, 0.1) is 0 Å². The zero-order chi connectivity index (χ0) is 14.6. The van der Waals surface area contributed by atoms with E-state index in [9.17, 15) is 4.79 Å². The highest BCUT2D eigenvalue weighted by atomic mass is 32.2. The zero-order valence-corrected chi connectivity index (χ0v) is 14.2. The predicted molar refractivity (Wildman–Crippen MR) is 87.8 cm³/mol. The van der Waals surface area contributed by atoms with Crippen LogP contribution in [-0.4, -0.2) is 52.8 Å². The number of carbonyl (C=O) groups excluding carboxylic acids is 1. The number of hydrogen-bond donors (Lipinski definition) is 2. The van der Waals surface area contributed by atoms with Crippen molar-refractivity contribution in [1.82, 2.24) is 10.6 Å². The maximum absolute atomic E-state index is 11.6. The minimum absolute atomic E-state index is 0.274. The van der Waals surface area contributed by atoms with Crippen molar-refractivity contribution in [2.24, 2.45) is 0 Å². The molecule has 2 N–H and O–H groups in total. The predicted octanol–water partition coefficient (Wildman–Crippen LogP) is 2.48. The van der Waals surface area contributed by atoms with E-state index in [1.807, 2.05) is 20.8 Å². The quantitative estimate of drug-likeness (QED) is 0.834. The number of carbonyl (C=O) groups is 1. The number of amides is 1. The Morgan fingerprint density at radius 3 is 2.60 bits per heavy atom. The zero-order valence-electron chi connectivity index (χ0n) is 12.6. The second-order valence-corrected chi connectivity index (χ2v) is 9.05. The number of hydrogen-bond acceptors (Lipinski definition) is 5. The monoisotopic (exact) mass is 318 g/mol. The molecule has 1 heterocycles. The number of nitrogens with one attached hydrogen (secondary N) is 2. The fraction of sp³-hybridized carbons (Fsp3) is 0.929. The lowest BCUT2D eigenvalue weighted by Gasteiger charge is -2.37. The third kappa shape index (κ3) is 5.74. The van der Waals surface area contributed by atoms with Gasteiger partial charge in [0.1, 0.15) is 5.60 Å². The molecule has 6 heteroatoms. The van der Waals surface area contributed by atoms with Gasteiger partial charge in [0.05, 0.1) is 0 Å². The summed E-state index contributed by atoms with van der Waals surface area (Å²) in [5, 5.41) is 7.30. The average Bonchev–Trinajstić information content (AvgIpc) is 2.31. The minimum Gasteiger partial charge on any atom is -0.444 e. The van der Waals surface area contributed by atoms with Gasteiger partial charge >= 0.3 is 6.09 Å². The third-order valence-electron chi connectivity index (χ3n) is 3.38. The lowest BCUT2D eigenvalue weighted by molar-refractivity contribution is 0.0465. The van der Waals surface area contributed by atoms with Gasteiger partial charge in [-0.2, -0.15) is 23.5 Å². The first kappa shape index (κ1) is 16.3. The molecule has 0 aromatic heterocycles. The Labute approximate surface area is 130 Å². The van der Waals surface area contributed by atoms with Crippen LogP contribution in [0.2, 0.25) is 0 Å². The molecule has 2 aliphatic rings. The molecule has 1 amide bonds. The molecule has 116 valence electrons. The SMILES string of the molecule is CC(C)(C)OC(=O)NC1CC(NCC2CSCCS2)C1. The van der Waals surface area contributed by atoms with E-state index >= 15 is 0 Å². The van der Waals surface area contributed by atoms with Gasteiger partial charge in [-0.15, -0.1) is 0 Å². The van der Waals surface area contributed by atoms with E-state index in [-0.39, 0.29) is 12.1 Å². The van der Waals surface area contributed by atoms with Crippen molar-refractivity contribution < 1.29 is 9.53 Å². The Kier molecular flexibility index (Phi) is 5.93. The van der Waals surface area contributed by atoms with Crippen molar-refractivity contribution in [3.63, 3.8) is 0 Å². The standard InChI is InChI=1S/C14H26N2O2S2/c1-14(2,3)18-13(17)16-11-6-10(7-11)15-8-12-9-19-4-5-20-12/h10-12,15H,4-9H2,1-3H3,(H,16,17). The molecule has 0 aromatic rings. The van der Waals surface area contributed by atoms with Crippen LogP contribution in [0.3, 0.4) is 0 Å². The van der Waals surface area contributed by atoms with Gasteiger partial charge in [-0.1, -0.05) is 0 Å². The Morgan fingerprint density at radius 2 is 2.00 bits per heavy atom. The fourth-order valence-corrected chi connectivity index (χ4v) is 4.95. The first-order chi connectivity index (χ1) is 9.42.